The molecule has 0 radical (unpaired) electrons. The summed E-state index contributed by atoms with van der Waals surface area (Å²) in [5, 5.41) is 0. The Hall–Kier alpha value is -1.69. The van der Waals surface area contributed by atoms with Crippen LogP contribution >= 0.6 is 15.9 Å². The summed E-state index contributed by atoms with van der Waals surface area (Å²) in [7, 11) is 1.23. The third-order valence-corrected chi connectivity index (χ3v) is 3.71. The second-order valence-corrected chi connectivity index (χ2v) is 5.06. The first kappa shape index (κ1) is 13.7. The lowest BCUT2D eigenvalue weighted by Gasteiger charge is -2.15. The van der Waals surface area contributed by atoms with E-state index in [1.54, 1.807) is 24.3 Å². The summed E-state index contributed by atoms with van der Waals surface area (Å²) in [6.45, 7) is 0.0195. The predicted molar refractivity (Wildman–Crippen MR) is 70.6 cm³/mol. The van der Waals surface area contributed by atoms with Crippen LogP contribution in [-0.2, 0) is 14.3 Å². The van der Waals surface area contributed by atoms with Crippen molar-refractivity contribution in [2.75, 3.05) is 20.2 Å². The summed E-state index contributed by atoms with van der Waals surface area (Å²) in [4.78, 5) is 36.7. The summed E-state index contributed by atoms with van der Waals surface area (Å²) in [5.74, 6) is -2.01. The number of amides is 1. The number of hydrogen-bond acceptors (Lipinski definition) is 4. The van der Waals surface area contributed by atoms with Crippen molar-refractivity contribution < 1.29 is 19.1 Å². The molecule has 2 rings (SSSR count). The number of methoxy groups -OCH3 is 1. The number of esters is 1. The Kier molecular flexibility index (Phi) is 3.99. The zero-order valence-electron chi connectivity index (χ0n) is 10.3. The first-order valence-corrected chi connectivity index (χ1v) is 6.48. The van der Waals surface area contributed by atoms with Crippen molar-refractivity contribution in [2.45, 2.75) is 0 Å². The van der Waals surface area contributed by atoms with Gasteiger partial charge in [-0.25, -0.2) is 0 Å². The number of hydrogen-bond donors (Lipinski definition) is 0. The van der Waals surface area contributed by atoms with Gasteiger partial charge in [0, 0.05) is 11.0 Å². The summed E-state index contributed by atoms with van der Waals surface area (Å²) in [6.07, 6.45) is 0. The fraction of sp³-hybridized carbons (Fsp3) is 0.308. The lowest BCUT2D eigenvalue weighted by atomic mass is 10.1. The van der Waals surface area contributed by atoms with Crippen molar-refractivity contribution in [3.63, 3.8) is 0 Å². The molecule has 1 aliphatic rings. The molecule has 0 aromatic heterocycles. The number of carbonyl (C=O) groups is 3. The van der Waals surface area contributed by atoms with Gasteiger partial charge in [-0.3, -0.25) is 14.4 Å². The van der Waals surface area contributed by atoms with Crippen molar-refractivity contribution in [1.29, 1.82) is 0 Å². The van der Waals surface area contributed by atoms with Gasteiger partial charge in [0.15, 0.2) is 5.78 Å². The molecule has 6 heteroatoms. The molecule has 0 N–H and O–H groups in total. The molecular formula is C13H12BrNO4. The van der Waals surface area contributed by atoms with Crippen LogP contribution in [-0.4, -0.2) is 42.8 Å². The number of nitrogens with zero attached hydrogens (tertiary/aromatic N) is 1. The molecule has 0 saturated carbocycles. The highest BCUT2D eigenvalue weighted by molar-refractivity contribution is 9.10. The molecule has 0 aliphatic carbocycles. The minimum absolute atomic E-state index is 0.0556. The van der Waals surface area contributed by atoms with Gasteiger partial charge in [0.05, 0.1) is 19.2 Å². The van der Waals surface area contributed by atoms with Crippen LogP contribution in [0, 0.1) is 5.92 Å². The van der Waals surface area contributed by atoms with E-state index in [2.05, 4.69) is 20.7 Å². The molecule has 0 bridgehead atoms. The number of ether oxygens (including phenoxy) is 1. The molecule has 0 spiro atoms. The second kappa shape index (κ2) is 5.52. The van der Waals surface area contributed by atoms with E-state index >= 15 is 0 Å². The standard InChI is InChI=1S/C13H12BrNO4/c1-19-13(18)9-6-15(7-11(9)16)12(17)8-4-2-3-5-10(8)14/h2-5,9H,6-7H2,1H3. The van der Waals surface area contributed by atoms with Gasteiger partial charge >= 0.3 is 5.97 Å². The molecule has 1 saturated heterocycles. The lowest BCUT2D eigenvalue weighted by Crippen LogP contribution is -2.30. The van der Waals surface area contributed by atoms with E-state index in [1.165, 1.54) is 12.0 Å². The zero-order valence-corrected chi connectivity index (χ0v) is 11.8. The first-order chi connectivity index (χ1) is 9.04. The topological polar surface area (TPSA) is 63.7 Å². The second-order valence-electron chi connectivity index (χ2n) is 4.21. The Morgan fingerprint density at radius 2 is 2.05 bits per heavy atom. The van der Waals surface area contributed by atoms with Crippen LogP contribution in [0.2, 0.25) is 0 Å². The maximum atomic E-state index is 12.3. The fourth-order valence-electron chi connectivity index (χ4n) is 1.99. The molecule has 1 aromatic carbocycles. The van der Waals surface area contributed by atoms with E-state index in [0.29, 0.717) is 10.0 Å². The summed E-state index contributed by atoms with van der Waals surface area (Å²) in [5.41, 5.74) is 0.473. The quantitative estimate of drug-likeness (QED) is 0.606. The van der Waals surface area contributed by atoms with Crippen LogP contribution in [0.4, 0.5) is 0 Å². The maximum absolute atomic E-state index is 12.3. The number of Topliss-reactive ketones (excluding diaryl/α,β-unsaturated/α-hetero) is 1. The third-order valence-electron chi connectivity index (χ3n) is 3.02. The molecule has 1 amide bonds. The highest BCUT2D eigenvalue weighted by Gasteiger charge is 2.39. The Bertz CT molecular complexity index is 543. The number of likely N-dealkylation sites (tertiary alicyclic amines) is 1. The Labute approximate surface area is 118 Å². The van der Waals surface area contributed by atoms with E-state index in [9.17, 15) is 14.4 Å². The minimum Gasteiger partial charge on any atom is -0.468 e. The minimum atomic E-state index is -0.864. The van der Waals surface area contributed by atoms with Gasteiger partial charge in [-0.2, -0.15) is 0 Å². The van der Waals surface area contributed by atoms with Crippen molar-refractivity contribution in [3.8, 4) is 0 Å². The van der Waals surface area contributed by atoms with Crippen molar-refractivity contribution in [1.82, 2.24) is 4.90 Å². The van der Waals surface area contributed by atoms with Crippen LogP contribution in [0.25, 0.3) is 0 Å². The molecule has 1 unspecified atom stereocenters. The molecule has 1 aromatic rings. The predicted octanol–water partition coefficient (Wildman–Crippen LogP) is 1.26. The van der Waals surface area contributed by atoms with Gasteiger partial charge in [0.2, 0.25) is 0 Å². The molecule has 1 atom stereocenters. The smallest absolute Gasteiger partial charge is 0.318 e. The number of carbonyl (C=O) groups excluding carboxylic acids is 3. The average molecular weight is 326 g/mol. The van der Waals surface area contributed by atoms with Crippen LogP contribution in [0.1, 0.15) is 10.4 Å². The lowest BCUT2D eigenvalue weighted by molar-refractivity contribution is -0.147. The molecule has 1 fully saturated rings. The summed E-state index contributed by atoms with van der Waals surface area (Å²) < 4.78 is 5.22. The largest absolute Gasteiger partial charge is 0.468 e. The summed E-state index contributed by atoms with van der Waals surface area (Å²) >= 11 is 3.29. The first-order valence-electron chi connectivity index (χ1n) is 5.69. The van der Waals surface area contributed by atoms with E-state index < -0.39 is 11.9 Å². The molecule has 19 heavy (non-hydrogen) atoms. The molecule has 100 valence electrons. The van der Waals surface area contributed by atoms with Gasteiger partial charge in [0.1, 0.15) is 5.92 Å². The SMILES string of the molecule is COC(=O)C1CN(C(=O)c2ccccc2Br)CC1=O. The number of ketones is 1. The van der Waals surface area contributed by atoms with Crippen molar-refractivity contribution in [2.24, 2.45) is 5.92 Å². The maximum Gasteiger partial charge on any atom is 0.318 e. The van der Waals surface area contributed by atoms with E-state index in [0.717, 1.165) is 0 Å². The van der Waals surface area contributed by atoms with E-state index in [-0.39, 0.29) is 24.8 Å². The Balaban J connectivity index is 2.17. The number of benzene rings is 1. The average Bonchev–Trinajstić information content (AvgIpc) is 2.80. The Morgan fingerprint density at radius 3 is 2.68 bits per heavy atom. The number of halogens is 1. The normalized spacial score (nSPS) is 18.5. The molecule has 5 nitrogen and oxygen atoms in total. The highest BCUT2D eigenvalue weighted by Crippen LogP contribution is 2.21. The Morgan fingerprint density at radius 1 is 1.37 bits per heavy atom. The molecular weight excluding hydrogens is 314 g/mol. The van der Waals surface area contributed by atoms with Crippen LogP contribution < -0.4 is 0 Å². The van der Waals surface area contributed by atoms with Crippen molar-refractivity contribution >= 4 is 33.6 Å². The third kappa shape index (κ3) is 2.68. The monoisotopic (exact) mass is 325 g/mol. The zero-order chi connectivity index (χ0) is 14.0. The highest BCUT2D eigenvalue weighted by atomic mass is 79.9. The van der Waals surface area contributed by atoms with E-state index in [4.69, 9.17) is 0 Å². The van der Waals surface area contributed by atoms with Gasteiger partial charge in [-0.15, -0.1) is 0 Å². The van der Waals surface area contributed by atoms with Gasteiger partial charge in [0.25, 0.3) is 5.91 Å². The van der Waals surface area contributed by atoms with Gasteiger partial charge in [-0.1, -0.05) is 12.1 Å². The van der Waals surface area contributed by atoms with Gasteiger partial charge < -0.3 is 9.64 Å². The van der Waals surface area contributed by atoms with Crippen molar-refractivity contribution in [3.05, 3.63) is 34.3 Å². The van der Waals surface area contributed by atoms with Crippen LogP contribution in [0.5, 0.6) is 0 Å². The molecule has 1 aliphatic heterocycles. The number of rotatable bonds is 2. The van der Waals surface area contributed by atoms with Crippen LogP contribution in [0.15, 0.2) is 28.7 Å². The van der Waals surface area contributed by atoms with E-state index in [1.807, 2.05) is 0 Å². The fourth-order valence-corrected chi connectivity index (χ4v) is 2.45. The van der Waals surface area contributed by atoms with Gasteiger partial charge in [-0.05, 0) is 28.1 Å². The summed E-state index contributed by atoms with van der Waals surface area (Å²) in [6, 6.07) is 6.96. The van der Waals surface area contributed by atoms with Crippen LogP contribution in [0.3, 0.4) is 0 Å². The molecule has 1 heterocycles.